The molecule has 2 heterocycles. The van der Waals surface area contributed by atoms with Crippen LogP contribution in [0.1, 0.15) is 27.7 Å². The lowest BCUT2D eigenvalue weighted by molar-refractivity contribution is -0.117. The van der Waals surface area contributed by atoms with Gasteiger partial charge in [0, 0.05) is 5.69 Å². The topological polar surface area (TPSA) is 80.0 Å². The number of aryl methyl sites for hydroxylation is 1. The Kier molecular flexibility index (Phi) is 4.68. The smallest absolute Gasteiger partial charge is 0.294 e. The van der Waals surface area contributed by atoms with Crippen LogP contribution in [0, 0.1) is 6.92 Å². The number of ether oxygens (including phenoxy) is 1. The normalized spacial score (nSPS) is 16.4. The fraction of sp³-hybridized carbons (Fsp3) is 0.130. The molecule has 1 atom stereocenters. The molecule has 1 aliphatic rings. The number of hydrogen-bond donors (Lipinski definition) is 1. The zero-order valence-electron chi connectivity index (χ0n) is 16.0. The molecular formula is C23H19NO5. The Hall–Kier alpha value is -3.80. The van der Waals surface area contributed by atoms with Gasteiger partial charge in [-0.05, 0) is 48.4 Å². The third-order valence-electron chi connectivity index (χ3n) is 4.98. The number of aliphatic hydroxyl groups excluding tert-OH is 1. The van der Waals surface area contributed by atoms with Crippen molar-refractivity contribution in [1.29, 1.82) is 0 Å². The van der Waals surface area contributed by atoms with Crippen LogP contribution < -0.4 is 9.64 Å². The predicted molar refractivity (Wildman–Crippen MR) is 107 cm³/mol. The van der Waals surface area contributed by atoms with Gasteiger partial charge in [-0.25, -0.2) is 0 Å². The first-order chi connectivity index (χ1) is 14.0. The maximum Gasteiger partial charge on any atom is 0.294 e. The zero-order valence-corrected chi connectivity index (χ0v) is 16.0. The minimum absolute atomic E-state index is 0.0264. The van der Waals surface area contributed by atoms with Gasteiger partial charge in [-0.15, -0.1) is 0 Å². The number of methoxy groups -OCH3 is 1. The molecule has 0 saturated carbocycles. The molecule has 2 aromatic carbocycles. The van der Waals surface area contributed by atoms with E-state index >= 15 is 0 Å². The van der Waals surface area contributed by atoms with E-state index in [0.717, 1.165) is 5.56 Å². The molecule has 29 heavy (non-hydrogen) atoms. The van der Waals surface area contributed by atoms with Crippen molar-refractivity contribution in [2.24, 2.45) is 0 Å². The molecule has 0 radical (unpaired) electrons. The quantitative estimate of drug-likeness (QED) is 0.655. The van der Waals surface area contributed by atoms with Crippen molar-refractivity contribution in [3.05, 3.63) is 95.1 Å². The van der Waals surface area contributed by atoms with Crippen LogP contribution in [0.4, 0.5) is 5.69 Å². The first-order valence-electron chi connectivity index (χ1n) is 9.07. The molecule has 0 spiro atoms. The number of furan rings is 1. The highest BCUT2D eigenvalue weighted by Crippen LogP contribution is 2.43. The van der Waals surface area contributed by atoms with Gasteiger partial charge in [-0.2, -0.15) is 0 Å². The van der Waals surface area contributed by atoms with Gasteiger partial charge in [0.25, 0.3) is 5.91 Å². The Bertz CT molecular complexity index is 1110. The highest BCUT2D eigenvalue weighted by molar-refractivity contribution is 6.20. The molecule has 0 aliphatic carbocycles. The number of para-hydroxylation sites is 1. The Morgan fingerprint density at radius 3 is 2.59 bits per heavy atom. The maximum atomic E-state index is 13.1. The van der Waals surface area contributed by atoms with Crippen molar-refractivity contribution in [2.45, 2.75) is 13.0 Å². The number of amides is 1. The Labute approximate surface area is 167 Å². The van der Waals surface area contributed by atoms with E-state index in [1.807, 2.05) is 25.1 Å². The summed E-state index contributed by atoms with van der Waals surface area (Å²) < 4.78 is 10.6. The van der Waals surface area contributed by atoms with Gasteiger partial charge in [0.1, 0.15) is 5.75 Å². The summed E-state index contributed by atoms with van der Waals surface area (Å²) in [5.74, 6) is -1.12. The van der Waals surface area contributed by atoms with Crippen molar-refractivity contribution in [3.8, 4) is 5.75 Å². The van der Waals surface area contributed by atoms with E-state index in [1.54, 1.807) is 43.5 Å². The van der Waals surface area contributed by atoms with Crippen molar-refractivity contribution in [3.63, 3.8) is 0 Å². The van der Waals surface area contributed by atoms with Gasteiger partial charge in [-0.1, -0.05) is 30.3 Å². The number of nitrogens with zero attached hydrogens (tertiary/aromatic N) is 1. The largest absolute Gasteiger partial charge is 0.503 e. The van der Waals surface area contributed by atoms with Gasteiger partial charge in [0.05, 0.1) is 25.0 Å². The summed E-state index contributed by atoms with van der Waals surface area (Å²) in [6.45, 7) is 1.87. The number of carbonyl (C=O) groups is 2. The Morgan fingerprint density at radius 1 is 1.10 bits per heavy atom. The highest BCUT2D eigenvalue weighted by Gasteiger charge is 2.45. The summed E-state index contributed by atoms with van der Waals surface area (Å²) in [7, 11) is 1.54. The molecule has 146 valence electrons. The Balaban J connectivity index is 1.92. The third kappa shape index (κ3) is 3.08. The van der Waals surface area contributed by atoms with Gasteiger partial charge in [0.15, 0.2) is 11.5 Å². The summed E-state index contributed by atoms with van der Waals surface area (Å²) in [4.78, 5) is 27.7. The van der Waals surface area contributed by atoms with Crippen LogP contribution in [-0.4, -0.2) is 23.9 Å². The van der Waals surface area contributed by atoms with Crippen molar-refractivity contribution >= 4 is 17.4 Å². The fourth-order valence-corrected chi connectivity index (χ4v) is 3.59. The van der Waals surface area contributed by atoms with Crippen LogP contribution >= 0.6 is 0 Å². The average molecular weight is 389 g/mol. The lowest BCUT2D eigenvalue weighted by Crippen LogP contribution is -2.31. The molecule has 1 aliphatic heterocycles. The second kappa shape index (κ2) is 7.31. The highest BCUT2D eigenvalue weighted by atomic mass is 16.5. The monoisotopic (exact) mass is 389 g/mol. The second-order valence-electron chi connectivity index (χ2n) is 6.71. The van der Waals surface area contributed by atoms with Gasteiger partial charge < -0.3 is 14.3 Å². The van der Waals surface area contributed by atoms with E-state index in [0.29, 0.717) is 17.0 Å². The molecule has 4 rings (SSSR count). The van der Waals surface area contributed by atoms with E-state index in [1.165, 1.54) is 17.2 Å². The Morgan fingerprint density at radius 2 is 1.90 bits per heavy atom. The van der Waals surface area contributed by atoms with E-state index in [2.05, 4.69) is 0 Å². The number of aliphatic hydroxyl groups is 1. The van der Waals surface area contributed by atoms with Crippen molar-refractivity contribution < 1.29 is 23.8 Å². The molecule has 1 unspecified atom stereocenters. The lowest BCUT2D eigenvalue weighted by atomic mass is 9.94. The molecule has 1 amide bonds. The minimum Gasteiger partial charge on any atom is -0.503 e. The molecule has 0 saturated heterocycles. The summed E-state index contributed by atoms with van der Waals surface area (Å²) in [5, 5.41) is 10.7. The summed E-state index contributed by atoms with van der Waals surface area (Å²) >= 11 is 0. The van der Waals surface area contributed by atoms with Crippen LogP contribution in [0.2, 0.25) is 0 Å². The zero-order chi connectivity index (χ0) is 20.5. The molecule has 1 N–H and O–H groups in total. The number of carbonyl (C=O) groups excluding carboxylic acids is 2. The SMILES string of the molecule is COc1cccc(C2C(C(=O)c3ccco3)=C(O)C(=O)N2c2ccccc2C)c1. The average Bonchev–Trinajstić information content (AvgIpc) is 3.36. The summed E-state index contributed by atoms with van der Waals surface area (Å²) in [6.07, 6.45) is 1.38. The number of rotatable bonds is 5. The molecular weight excluding hydrogens is 370 g/mol. The fourth-order valence-electron chi connectivity index (χ4n) is 3.59. The van der Waals surface area contributed by atoms with Crippen LogP contribution in [0.3, 0.4) is 0 Å². The minimum atomic E-state index is -0.823. The first kappa shape index (κ1) is 18.6. The second-order valence-corrected chi connectivity index (χ2v) is 6.71. The van der Waals surface area contributed by atoms with Crippen LogP contribution in [0.15, 0.2) is 82.7 Å². The molecule has 0 bridgehead atoms. The predicted octanol–water partition coefficient (Wildman–Crippen LogP) is 4.38. The third-order valence-corrected chi connectivity index (χ3v) is 4.98. The number of ketones is 1. The lowest BCUT2D eigenvalue weighted by Gasteiger charge is -2.28. The van der Waals surface area contributed by atoms with E-state index in [-0.39, 0.29) is 11.3 Å². The molecule has 6 heteroatoms. The van der Waals surface area contributed by atoms with E-state index < -0.39 is 23.5 Å². The number of benzene rings is 2. The first-order valence-corrected chi connectivity index (χ1v) is 9.07. The van der Waals surface area contributed by atoms with E-state index in [9.17, 15) is 14.7 Å². The van der Waals surface area contributed by atoms with Crippen LogP contribution in [0.5, 0.6) is 5.75 Å². The summed E-state index contributed by atoms with van der Waals surface area (Å²) in [6, 6.07) is 16.7. The van der Waals surface area contributed by atoms with Crippen molar-refractivity contribution in [1.82, 2.24) is 0 Å². The number of hydrogen-bond acceptors (Lipinski definition) is 5. The summed E-state index contributed by atoms with van der Waals surface area (Å²) in [5.41, 5.74) is 2.06. The van der Waals surface area contributed by atoms with Gasteiger partial charge in [-0.3, -0.25) is 14.5 Å². The standard InChI is InChI=1S/C23H19NO5/c1-14-7-3-4-10-17(14)24-20(15-8-5-9-16(13-15)28-2)19(22(26)23(24)27)21(25)18-11-6-12-29-18/h3-13,20,26H,1-2H3. The van der Waals surface area contributed by atoms with Crippen LogP contribution in [-0.2, 0) is 4.79 Å². The van der Waals surface area contributed by atoms with Gasteiger partial charge in [0.2, 0.25) is 5.78 Å². The number of anilines is 1. The molecule has 0 fully saturated rings. The van der Waals surface area contributed by atoms with Crippen LogP contribution in [0.25, 0.3) is 0 Å². The molecule has 6 nitrogen and oxygen atoms in total. The molecule has 3 aromatic rings. The van der Waals surface area contributed by atoms with E-state index in [4.69, 9.17) is 9.15 Å². The van der Waals surface area contributed by atoms with Gasteiger partial charge >= 0.3 is 0 Å². The van der Waals surface area contributed by atoms with Crippen molar-refractivity contribution in [2.75, 3.05) is 12.0 Å². The maximum absolute atomic E-state index is 13.1. The number of Topliss-reactive ketones (excluding diaryl/α,β-unsaturated/α-hetero) is 1. The molecule has 1 aromatic heterocycles.